The van der Waals surface area contributed by atoms with Crippen LogP contribution in [0.3, 0.4) is 0 Å². The maximum atomic E-state index is 11.5. The van der Waals surface area contributed by atoms with Crippen molar-refractivity contribution in [1.82, 2.24) is 5.32 Å². The van der Waals surface area contributed by atoms with E-state index in [2.05, 4.69) is 5.32 Å². The number of hydrogen-bond donors (Lipinski definition) is 2. The minimum Gasteiger partial charge on any atom is -0.351 e. The molecule has 0 saturated carbocycles. The Morgan fingerprint density at radius 2 is 2.38 bits per heavy atom. The van der Waals surface area contributed by atoms with E-state index in [1.807, 2.05) is 0 Å². The summed E-state index contributed by atoms with van der Waals surface area (Å²) in [5.74, 6) is -0.283. The molecule has 1 aromatic heterocycles. The molecule has 88 valence electrons. The monoisotopic (exact) mass is 243 g/mol. The average Bonchev–Trinajstić information content (AvgIpc) is 2.60. The third kappa shape index (κ3) is 3.01. The van der Waals surface area contributed by atoms with Gasteiger partial charge in [0.15, 0.2) is 0 Å². The zero-order valence-corrected chi connectivity index (χ0v) is 9.67. The molecular weight excluding hydrogens is 230 g/mol. The van der Waals surface area contributed by atoms with E-state index in [1.165, 1.54) is 6.07 Å². The predicted molar refractivity (Wildman–Crippen MR) is 61.7 cm³/mol. The number of carbonyl (C=O) groups is 1. The molecule has 6 nitrogen and oxygen atoms in total. The predicted octanol–water partition coefficient (Wildman–Crippen LogP) is 1.04. The van der Waals surface area contributed by atoms with Crippen molar-refractivity contribution in [3.8, 4) is 0 Å². The third-order valence-electron chi connectivity index (χ3n) is 1.98. The van der Waals surface area contributed by atoms with Crippen LogP contribution in [0, 0.1) is 17.0 Å². The number of carbonyl (C=O) groups excluding carboxylic acids is 1. The zero-order chi connectivity index (χ0) is 12.1. The fourth-order valence-corrected chi connectivity index (χ4v) is 2.06. The largest absolute Gasteiger partial charge is 0.351 e. The van der Waals surface area contributed by atoms with Crippen LogP contribution in [-0.4, -0.2) is 23.9 Å². The van der Waals surface area contributed by atoms with Gasteiger partial charge in [-0.3, -0.25) is 14.9 Å². The summed E-state index contributed by atoms with van der Waals surface area (Å²) in [5, 5.41) is 13.2. The van der Waals surface area contributed by atoms with Crippen molar-refractivity contribution in [2.45, 2.75) is 13.3 Å². The Hall–Kier alpha value is -1.47. The van der Waals surface area contributed by atoms with Crippen molar-refractivity contribution in [2.75, 3.05) is 13.1 Å². The number of thiophene rings is 1. The van der Waals surface area contributed by atoms with Crippen molar-refractivity contribution >= 4 is 22.9 Å². The van der Waals surface area contributed by atoms with Crippen molar-refractivity contribution < 1.29 is 9.72 Å². The number of nitro groups is 1. The Labute approximate surface area is 96.6 Å². The van der Waals surface area contributed by atoms with E-state index < -0.39 is 4.92 Å². The van der Waals surface area contributed by atoms with Gasteiger partial charge in [0.1, 0.15) is 0 Å². The van der Waals surface area contributed by atoms with Gasteiger partial charge < -0.3 is 11.1 Å². The van der Waals surface area contributed by atoms with Crippen molar-refractivity contribution in [3.63, 3.8) is 0 Å². The van der Waals surface area contributed by atoms with E-state index in [1.54, 1.807) is 6.92 Å². The molecule has 16 heavy (non-hydrogen) atoms. The summed E-state index contributed by atoms with van der Waals surface area (Å²) in [6.45, 7) is 2.61. The molecule has 1 rings (SSSR count). The summed E-state index contributed by atoms with van der Waals surface area (Å²) in [6, 6.07) is 1.30. The van der Waals surface area contributed by atoms with Gasteiger partial charge in [-0.1, -0.05) is 0 Å². The number of rotatable bonds is 5. The Morgan fingerprint density at radius 1 is 1.69 bits per heavy atom. The summed E-state index contributed by atoms with van der Waals surface area (Å²) < 4.78 is 0. The van der Waals surface area contributed by atoms with Gasteiger partial charge in [-0.2, -0.15) is 0 Å². The molecule has 0 unspecified atom stereocenters. The second kappa shape index (κ2) is 5.57. The van der Waals surface area contributed by atoms with E-state index in [-0.39, 0.29) is 11.6 Å². The molecule has 7 heteroatoms. The van der Waals surface area contributed by atoms with Crippen LogP contribution in [0.15, 0.2) is 6.07 Å². The maximum absolute atomic E-state index is 11.5. The Bertz CT molecular complexity index is 403. The third-order valence-corrected chi connectivity index (χ3v) is 3.02. The van der Waals surface area contributed by atoms with Crippen LogP contribution >= 0.6 is 11.3 Å². The fraction of sp³-hybridized carbons (Fsp3) is 0.444. The number of nitrogens with zero attached hydrogens (tertiary/aromatic N) is 1. The molecule has 0 radical (unpaired) electrons. The van der Waals surface area contributed by atoms with Gasteiger partial charge in [-0.15, -0.1) is 11.3 Å². The molecule has 1 aromatic rings. The van der Waals surface area contributed by atoms with Crippen LogP contribution in [0.4, 0.5) is 5.69 Å². The smallest absolute Gasteiger partial charge is 0.283 e. The van der Waals surface area contributed by atoms with Gasteiger partial charge in [0.25, 0.3) is 11.6 Å². The van der Waals surface area contributed by atoms with E-state index in [0.29, 0.717) is 29.3 Å². The molecular formula is C9H13N3O3S. The van der Waals surface area contributed by atoms with Gasteiger partial charge >= 0.3 is 0 Å². The van der Waals surface area contributed by atoms with Gasteiger partial charge in [0, 0.05) is 12.6 Å². The number of hydrogen-bond acceptors (Lipinski definition) is 5. The van der Waals surface area contributed by atoms with E-state index in [0.717, 1.165) is 11.3 Å². The molecule has 0 fully saturated rings. The molecule has 0 atom stereocenters. The van der Waals surface area contributed by atoms with Gasteiger partial charge in [0.2, 0.25) is 0 Å². The Kier molecular flexibility index (Phi) is 4.39. The number of nitrogens with one attached hydrogen (secondary N) is 1. The first-order chi connectivity index (χ1) is 7.56. The Morgan fingerprint density at radius 3 is 2.88 bits per heavy atom. The molecule has 1 heterocycles. The minimum absolute atomic E-state index is 0.00558. The highest BCUT2D eigenvalue weighted by molar-refractivity contribution is 7.14. The molecule has 3 N–H and O–H groups in total. The first-order valence-corrected chi connectivity index (χ1v) is 5.61. The average molecular weight is 243 g/mol. The van der Waals surface area contributed by atoms with E-state index in [9.17, 15) is 14.9 Å². The van der Waals surface area contributed by atoms with Gasteiger partial charge in [-0.05, 0) is 19.9 Å². The summed E-state index contributed by atoms with van der Waals surface area (Å²) in [5.41, 5.74) is 5.28. The van der Waals surface area contributed by atoms with E-state index in [4.69, 9.17) is 5.73 Å². The summed E-state index contributed by atoms with van der Waals surface area (Å²) in [6.07, 6.45) is 0.693. The lowest BCUT2D eigenvalue weighted by Gasteiger charge is -2.00. The standard InChI is InChI=1S/C9H13N3O3S/c1-6-7(12(14)15)5-8(16-6)9(13)11-4-2-3-10/h5H,2-4,10H2,1H3,(H,11,13). The van der Waals surface area contributed by atoms with Gasteiger partial charge in [-0.25, -0.2) is 0 Å². The second-order valence-corrected chi connectivity index (χ2v) is 4.46. The molecule has 0 bridgehead atoms. The highest BCUT2D eigenvalue weighted by Crippen LogP contribution is 2.27. The SMILES string of the molecule is Cc1sc(C(=O)NCCCN)cc1[N+](=O)[O-]. The van der Waals surface area contributed by atoms with Crippen LogP contribution in [0.2, 0.25) is 0 Å². The highest BCUT2D eigenvalue weighted by Gasteiger charge is 2.18. The summed E-state index contributed by atoms with van der Waals surface area (Å²) in [4.78, 5) is 22.5. The normalized spacial score (nSPS) is 10.1. The lowest BCUT2D eigenvalue weighted by molar-refractivity contribution is -0.385. The maximum Gasteiger partial charge on any atom is 0.283 e. The molecule has 1 amide bonds. The lowest BCUT2D eigenvalue weighted by Crippen LogP contribution is -2.25. The van der Waals surface area contributed by atoms with Crippen molar-refractivity contribution in [2.24, 2.45) is 5.73 Å². The van der Waals surface area contributed by atoms with Crippen LogP contribution in [0.25, 0.3) is 0 Å². The Balaban J connectivity index is 2.69. The fourth-order valence-electron chi connectivity index (χ4n) is 1.16. The molecule has 0 aliphatic rings. The van der Waals surface area contributed by atoms with Gasteiger partial charge in [0.05, 0.1) is 14.7 Å². The number of amides is 1. The molecule has 0 saturated heterocycles. The van der Waals surface area contributed by atoms with Crippen molar-refractivity contribution in [3.05, 3.63) is 25.9 Å². The topological polar surface area (TPSA) is 98.3 Å². The quantitative estimate of drug-likeness (QED) is 0.458. The first-order valence-electron chi connectivity index (χ1n) is 4.79. The highest BCUT2D eigenvalue weighted by atomic mass is 32.1. The molecule has 0 aliphatic heterocycles. The minimum atomic E-state index is -0.484. The molecule has 0 aromatic carbocycles. The van der Waals surface area contributed by atoms with Crippen molar-refractivity contribution in [1.29, 1.82) is 0 Å². The summed E-state index contributed by atoms with van der Waals surface area (Å²) in [7, 11) is 0. The van der Waals surface area contributed by atoms with E-state index >= 15 is 0 Å². The zero-order valence-electron chi connectivity index (χ0n) is 8.86. The first kappa shape index (κ1) is 12.6. The number of aryl methyl sites for hydroxylation is 1. The lowest BCUT2D eigenvalue weighted by atomic mass is 10.3. The summed E-state index contributed by atoms with van der Waals surface area (Å²) >= 11 is 1.12. The van der Waals surface area contributed by atoms with Crippen LogP contribution in [0.1, 0.15) is 21.0 Å². The second-order valence-electron chi connectivity index (χ2n) is 3.21. The van der Waals surface area contributed by atoms with Crippen LogP contribution in [0.5, 0.6) is 0 Å². The molecule has 0 aliphatic carbocycles. The molecule has 0 spiro atoms. The van der Waals surface area contributed by atoms with Crippen LogP contribution < -0.4 is 11.1 Å². The number of nitrogens with two attached hydrogens (primary N) is 1. The van der Waals surface area contributed by atoms with Crippen LogP contribution in [-0.2, 0) is 0 Å².